The minimum absolute atomic E-state index is 0.0976. The summed E-state index contributed by atoms with van der Waals surface area (Å²) in [5.41, 5.74) is 0. The maximum absolute atomic E-state index is 12.3. The highest BCUT2D eigenvalue weighted by Crippen LogP contribution is 2.23. The molecule has 6 nitrogen and oxygen atoms in total. The average Bonchev–Trinajstić information content (AvgIpc) is 2.81. The molecule has 0 bridgehead atoms. The number of esters is 1. The van der Waals surface area contributed by atoms with Crippen molar-refractivity contribution in [3.63, 3.8) is 0 Å². The number of unbranched alkanes of at least 4 members (excludes halogenated alkanes) is 7. The fourth-order valence-electron chi connectivity index (χ4n) is 3.35. The molecule has 0 saturated carbocycles. The first-order valence-corrected chi connectivity index (χ1v) is 12.9. The van der Waals surface area contributed by atoms with E-state index in [-0.39, 0.29) is 11.7 Å². The van der Waals surface area contributed by atoms with E-state index in [1.807, 2.05) is 0 Å². The number of hydrogen-bond donors (Lipinski definition) is 1. The Morgan fingerprint density at radius 3 is 2.03 bits per heavy atom. The number of hydrogen-bond acceptors (Lipinski definition) is 6. The van der Waals surface area contributed by atoms with Crippen molar-refractivity contribution in [2.75, 3.05) is 6.61 Å². The van der Waals surface area contributed by atoms with Crippen LogP contribution in [0.1, 0.15) is 71.6 Å². The summed E-state index contributed by atoms with van der Waals surface area (Å²) in [6.45, 7) is 4.31. The van der Waals surface area contributed by atoms with Gasteiger partial charge in [0.2, 0.25) is 11.1 Å². The smallest absolute Gasteiger partial charge is 0.347 e. The molecule has 0 aliphatic carbocycles. The fraction of sp³-hybridized carbons (Fsp3) is 0.500. The monoisotopic (exact) mass is 476 g/mol. The van der Waals surface area contributed by atoms with Gasteiger partial charge in [0, 0.05) is 0 Å². The summed E-state index contributed by atoms with van der Waals surface area (Å²) in [4.78, 5) is 12.8. The predicted molar refractivity (Wildman–Crippen MR) is 130 cm³/mol. The lowest BCUT2D eigenvalue weighted by molar-refractivity contribution is -0.151. The molecule has 33 heavy (non-hydrogen) atoms. The minimum Gasteiger partial charge on any atom is -0.508 e. The van der Waals surface area contributed by atoms with Gasteiger partial charge in [0.15, 0.2) is 6.10 Å². The second-order valence-corrected chi connectivity index (χ2v) is 9.01. The summed E-state index contributed by atoms with van der Waals surface area (Å²) in [7, 11) is 0. The second kappa shape index (κ2) is 15.3. The van der Waals surface area contributed by atoms with Crippen molar-refractivity contribution < 1.29 is 27.8 Å². The molecule has 2 aromatic carbocycles. The molecule has 0 aliphatic rings. The van der Waals surface area contributed by atoms with Crippen LogP contribution >= 0.6 is 0 Å². The van der Waals surface area contributed by atoms with Crippen LogP contribution in [0.3, 0.4) is 0 Å². The zero-order valence-corrected chi connectivity index (χ0v) is 20.5. The molecular weight excluding hydrogens is 440 g/mol. The largest absolute Gasteiger partial charge is 0.508 e. The van der Waals surface area contributed by atoms with E-state index < -0.39 is 17.2 Å². The molecule has 0 spiro atoms. The third kappa shape index (κ3) is 10.3. The molecule has 7 heteroatoms. The summed E-state index contributed by atoms with van der Waals surface area (Å²) in [6.07, 6.45) is 9.47. The molecule has 2 atom stereocenters. The fourth-order valence-corrected chi connectivity index (χ4v) is 4.09. The molecule has 2 rings (SSSR count). The van der Waals surface area contributed by atoms with E-state index >= 15 is 0 Å². The van der Waals surface area contributed by atoms with E-state index in [0.717, 1.165) is 12.8 Å². The van der Waals surface area contributed by atoms with Crippen molar-refractivity contribution >= 4 is 17.0 Å². The SMILES string of the molecule is CCCCCCCCCCC(Oc1ccc(OS(=O)c2ccc(O)cc2)cc1)C(=O)OCC. The van der Waals surface area contributed by atoms with Crippen LogP contribution in [0.25, 0.3) is 0 Å². The topological polar surface area (TPSA) is 82.1 Å². The normalized spacial score (nSPS) is 12.7. The lowest BCUT2D eigenvalue weighted by atomic mass is 10.1. The molecule has 2 aromatic rings. The Kier molecular flexibility index (Phi) is 12.4. The van der Waals surface area contributed by atoms with Crippen LogP contribution in [0.4, 0.5) is 0 Å². The molecule has 0 aliphatic heterocycles. The van der Waals surface area contributed by atoms with Gasteiger partial charge in [-0.25, -0.2) is 9.00 Å². The first-order chi connectivity index (χ1) is 16.0. The van der Waals surface area contributed by atoms with Crippen LogP contribution in [0.15, 0.2) is 53.4 Å². The van der Waals surface area contributed by atoms with Gasteiger partial charge < -0.3 is 18.8 Å². The number of aromatic hydroxyl groups is 1. The van der Waals surface area contributed by atoms with Gasteiger partial charge in [-0.2, -0.15) is 0 Å². The molecule has 0 amide bonds. The number of carbonyl (C=O) groups excluding carboxylic acids is 1. The zero-order chi connectivity index (χ0) is 23.9. The first-order valence-electron chi connectivity index (χ1n) is 11.9. The quantitative estimate of drug-likeness (QED) is 0.225. The Hall–Kier alpha value is -2.54. The Balaban J connectivity index is 1.84. The van der Waals surface area contributed by atoms with Crippen LogP contribution in [-0.4, -0.2) is 28.0 Å². The van der Waals surface area contributed by atoms with Crippen molar-refractivity contribution in [3.8, 4) is 17.2 Å². The molecule has 0 saturated heterocycles. The highest BCUT2D eigenvalue weighted by Gasteiger charge is 2.21. The van der Waals surface area contributed by atoms with Gasteiger partial charge in [0.1, 0.15) is 17.2 Å². The predicted octanol–water partition coefficient (Wildman–Crippen LogP) is 6.34. The molecule has 182 valence electrons. The van der Waals surface area contributed by atoms with Gasteiger partial charge in [-0.05, 0) is 68.3 Å². The lowest BCUT2D eigenvalue weighted by Crippen LogP contribution is -2.29. The third-order valence-electron chi connectivity index (χ3n) is 5.17. The molecule has 0 aromatic heterocycles. The Morgan fingerprint density at radius 2 is 1.42 bits per heavy atom. The van der Waals surface area contributed by atoms with E-state index in [1.165, 1.54) is 62.8 Å². The van der Waals surface area contributed by atoms with Crippen LogP contribution in [0, 0.1) is 0 Å². The number of ether oxygens (including phenoxy) is 2. The van der Waals surface area contributed by atoms with Crippen LogP contribution in [0.2, 0.25) is 0 Å². The molecule has 0 radical (unpaired) electrons. The first kappa shape index (κ1) is 26.7. The third-order valence-corrected chi connectivity index (χ3v) is 6.17. The summed E-state index contributed by atoms with van der Waals surface area (Å²) >= 11 is -1.71. The van der Waals surface area contributed by atoms with E-state index in [9.17, 15) is 14.1 Å². The van der Waals surface area contributed by atoms with Crippen LogP contribution < -0.4 is 8.92 Å². The second-order valence-electron chi connectivity index (χ2n) is 7.91. The van der Waals surface area contributed by atoms with E-state index in [0.29, 0.717) is 29.4 Å². The van der Waals surface area contributed by atoms with E-state index in [1.54, 1.807) is 31.2 Å². The summed E-state index contributed by atoms with van der Waals surface area (Å²) < 4.78 is 28.9. The van der Waals surface area contributed by atoms with E-state index in [2.05, 4.69) is 6.92 Å². The van der Waals surface area contributed by atoms with Crippen LogP contribution in [0.5, 0.6) is 17.2 Å². The maximum atomic E-state index is 12.3. The highest BCUT2D eigenvalue weighted by atomic mass is 32.2. The van der Waals surface area contributed by atoms with Crippen molar-refractivity contribution in [2.45, 2.75) is 82.6 Å². The number of carbonyl (C=O) groups is 1. The van der Waals surface area contributed by atoms with Gasteiger partial charge >= 0.3 is 5.97 Å². The number of rotatable bonds is 16. The van der Waals surface area contributed by atoms with Crippen molar-refractivity contribution in [1.29, 1.82) is 0 Å². The van der Waals surface area contributed by atoms with Crippen molar-refractivity contribution in [1.82, 2.24) is 0 Å². The molecule has 0 heterocycles. The minimum atomic E-state index is -1.71. The summed E-state index contributed by atoms with van der Waals surface area (Å²) in [5, 5.41) is 9.34. The molecular formula is C26H36O6S. The molecule has 2 unspecified atom stereocenters. The average molecular weight is 477 g/mol. The Bertz CT molecular complexity index is 835. The molecule has 1 N–H and O–H groups in total. The standard InChI is InChI=1S/C26H36O6S/c1-3-5-6-7-8-9-10-11-12-25(26(28)30-4-2)31-22-15-17-23(18-16-22)32-33(29)24-19-13-21(27)14-20-24/h13-20,25,27H,3-12H2,1-2H3. The summed E-state index contributed by atoms with van der Waals surface area (Å²) in [6, 6.07) is 12.6. The Morgan fingerprint density at radius 1 is 0.848 bits per heavy atom. The number of phenolic OH excluding ortho intramolecular Hbond substituents is 1. The van der Waals surface area contributed by atoms with Gasteiger partial charge in [-0.1, -0.05) is 51.9 Å². The number of benzene rings is 2. The Labute approximate surface area is 199 Å². The van der Waals surface area contributed by atoms with Gasteiger partial charge in [-0.3, -0.25) is 0 Å². The number of phenols is 1. The van der Waals surface area contributed by atoms with Gasteiger partial charge in [0.05, 0.1) is 11.5 Å². The van der Waals surface area contributed by atoms with Crippen LogP contribution in [-0.2, 0) is 20.6 Å². The van der Waals surface area contributed by atoms with Gasteiger partial charge in [-0.15, -0.1) is 0 Å². The van der Waals surface area contributed by atoms with Crippen molar-refractivity contribution in [3.05, 3.63) is 48.5 Å². The summed E-state index contributed by atoms with van der Waals surface area (Å²) in [5.74, 6) is 0.675. The molecule has 0 fully saturated rings. The maximum Gasteiger partial charge on any atom is 0.347 e. The zero-order valence-electron chi connectivity index (χ0n) is 19.7. The van der Waals surface area contributed by atoms with E-state index in [4.69, 9.17) is 13.7 Å². The van der Waals surface area contributed by atoms with Crippen molar-refractivity contribution in [2.24, 2.45) is 0 Å². The highest BCUT2D eigenvalue weighted by molar-refractivity contribution is 7.80. The lowest BCUT2D eigenvalue weighted by Gasteiger charge is -2.18. The van der Waals surface area contributed by atoms with Gasteiger partial charge in [0.25, 0.3) is 0 Å².